The number of aromatic nitrogens is 5. The van der Waals surface area contributed by atoms with Crippen molar-refractivity contribution in [2.75, 3.05) is 6.67 Å². The number of nitrogens with one attached hydrogen (secondary N) is 1. The minimum absolute atomic E-state index is 0.266. The average Bonchev–Trinajstić information content (AvgIpc) is 3.24. The minimum atomic E-state index is -0.808. The van der Waals surface area contributed by atoms with Crippen molar-refractivity contribution in [2.24, 2.45) is 0 Å². The quantitative estimate of drug-likeness (QED) is 0.786. The van der Waals surface area contributed by atoms with E-state index in [0.717, 1.165) is 5.70 Å². The average molecular weight is 358 g/mol. The van der Waals surface area contributed by atoms with Crippen LogP contribution in [0.4, 0.5) is 4.39 Å². The Morgan fingerprint density at radius 1 is 1.23 bits per heavy atom. The molecule has 26 heavy (non-hydrogen) atoms. The van der Waals surface area contributed by atoms with E-state index in [-0.39, 0.29) is 6.54 Å². The zero-order valence-corrected chi connectivity index (χ0v) is 14.3. The molecular formula is C17H19FN6O2. The Balaban J connectivity index is 1.57. The zero-order chi connectivity index (χ0) is 18.4. The van der Waals surface area contributed by atoms with Crippen molar-refractivity contribution < 1.29 is 4.39 Å². The Kier molecular flexibility index (Phi) is 3.67. The van der Waals surface area contributed by atoms with Crippen LogP contribution in [0.1, 0.15) is 19.8 Å². The molecule has 1 aliphatic heterocycles. The standard InChI is InChI=1S/C17H19FN6O2/c1-16(3-2-13(10-19-16)24-7-6-20-21-24)12-22-8-9-23(15(26)14(22)25)17(11-18)4-5-17/h2-3,6-10,19H,4-5,11-12H2,1H3. The molecule has 2 aromatic heterocycles. The summed E-state index contributed by atoms with van der Waals surface area (Å²) in [6.07, 6.45) is 13.1. The molecule has 2 aliphatic rings. The summed E-state index contributed by atoms with van der Waals surface area (Å²) in [5.74, 6) is 0. The van der Waals surface area contributed by atoms with Crippen LogP contribution >= 0.6 is 0 Å². The van der Waals surface area contributed by atoms with Gasteiger partial charge in [0.1, 0.15) is 6.67 Å². The summed E-state index contributed by atoms with van der Waals surface area (Å²) in [6, 6.07) is 0. The van der Waals surface area contributed by atoms with Gasteiger partial charge in [-0.05, 0) is 25.8 Å². The Labute approximate surface area is 148 Å². The number of dihydropyridines is 1. The molecule has 0 amide bonds. The van der Waals surface area contributed by atoms with Gasteiger partial charge >= 0.3 is 11.1 Å². The van der Waals surface area contributed by atoms with Gasteiger partial charge in [-0.25, -0.2) is 9.07 Å². The van der Waals surface area contributed by atoms with Crippen LogP contribution in [0.2, 0.25) is 0 Å². The minimum Gasteiger partial charge on any atom is -0.379 e. The van der Waals surface area contributed by atoms with E-state index in [1.54, 1.807) is 29.5 Å². The lowest BCUT2D eigenvalue weighted by molar-refractivity contribution is 0.323. The molecule has 1 aliphatic carbocycles. The van der Waals surface area contributed by atoms with Crippen LogP contribution in [0.25, 0.3) is 5.70 Å². The predicted octanol–water partition coefficient (Wildman–Crippen LogP) is 0.477. The normalized spacial score (nSPS) is 23.4. The molecule has 0 radical (unpaired) electrons. The first kappa shape index (κ1) is 16.5. The molecule has 1 saturated carbocycles. The van der Waals surface area contributed by atoms with Gasteiger partial charge in [0.2, 0.25) is 0 Å². The highest BCUT2D eigenvalue weighted by molar-refractivity contribution is 5.58. The fourth-order valence-electron chi connectivity index (χ4n) is 3.13. The Hall–Kier alpha value is -2.97. The number of hydrogen-bond donors (Lipinski definition) is 1. The summed E-state index contributed by atoms with van der Waals surface area (Å²) in [4.78, 5) is 24.8. The molecule has 2 aromatic rings. The molecule has 9 heteroatoms. The maximum absolute atomic E-state index is 13.2. The summed E-state index contributed by atoms with van der Waals surface area (Å²) >= 11 is 0. The molecule has 136 valence electrons. The summed E-state index contributed by atoms with van der Waals surface area (Å²) in [5, 5.41) is 10.9. The van der Waals surface area contributed by atoms with Crippen molar-refractivity contribution in [2.45, 2.75) is 37.4 Å². The molecule has 0 bridgehead atoms. The number of nitrogens with zero attached hydrogens (tertiary/aromatic N) is 5. The fraction of sp³-hybridized carbons (Fsp3) is 0.412. The smallest absolute Gasteiger partial charge is 0.317 e. The van der Waals surface area contributed by atoms with Crippen LogP contribution in [0.15, 0.2) is 52.7 Å². The third kappa shape index (κ3) is 2.69. The van der Waals surface area contributed by atoms with Gasteiger partial charge in [0.25, 0.3) is 0 Å². The van der Waals surface area contributed by atoms with E-state index in [9.17, 15) is 14.0 Å². The maximum Gasteiger partial charge on any atom is 0.317 e. The Bertz CT molecular complexity index is 999. The van der Waals surface area contributed by atoms with E-state index in [1.807, 2.05) is 19.1 Å². The van der Waals surface area contributed by atoms with Crippen molar-refractivity contribution in [3.8, 4) is 0 Å². The molecule has 0 spiro atoms. The van der Waals surface area contributed by atoms with Gasteiger partial charge in [0.15, 0.2) is 0 Å². The van der Waals surface area contributed by atoms with Crippen molar-refractivity contribution >= 4 is 5.70 Å². The monoisotopic (exact) mass is 358 g/mol. The van der Waals surface area contributed by atoms with E-state index < -0.39 is 28.9 Å². The van der Waals surface area contributed by atoms with Gasteiger partial charge in [0.05, 0.1) is 35.7 Å². The molecule has 1 atom stereocenters. The van der Waals surface area contributed by atoms with E-state index in [1.165, 1.54) is 15.3 Å². The van der Waals surface area contributed by atoms with Crippen molar-refractivity contribution in [3.05, 3.63) is 63.8 Å². The van der Waals surface area contributed by atoms with Crippen LogP contribution in [0, 0.1) is 0 Å². The highest BCUT2D eigenvalue weighted by atomic mass is 19.1. The molecule has 3 heterocycles. The predicted molar refractivity (Wildman–Crippen MR) is 93.1 cm³/mol. The van der Waals surface area contributed by atoms with Crippen LogP contribution in [0.5, 0.6) is 0 Å². The van der Waals surface area contributed by atoms with Crippen molar-refractivity contribution in [1.29, 1.82) is 0 Å². The highest BCUT2D eigenvalue weighted by Gasteiger charge is 2.46. The van der Waals surface area contributed by atoms with Crippen LogP contribution in [-0.4, -0.2) is 36.3 Å². The first-order valence-corrected chi connectivity index (χ1v) is 8.39. The van der Waals surface area contributed by atoms with Crippen LogP contribution in [-0.2, 0) is 12.1 Å². The van der Waals surface area contributed by atoms with Gasteiger partial charge in [-0.1, -0.05) is 11.3 Å². The van der Waals surface area contributed by atoms with Gasteiger partial charge in [-0.3, -0.25) is 9.59 Å². The molecular weight excluding hydrogens is 339 g/mol. The third-order valence-corrected chi connectivity index (χ3v) is 5.00. The van der Waals surface area contributed by atoms with Gasteiger partial charge in [-0.2, -0.15) is 0 Å². The first-order chi connectivity index (χ1) is 12.5. The Morgan fingerprint density at radius 2 is 2.04 bits per heavy atom. The molecule has 0 saturated heterocycles. The molecule has 1 fully saturated rings. The van der Waals surface area contributed by atoms with E-state index in [0.29, 0.717) is 12.8 Å². The topological polar surface area (TPSA) is 86.7 Å². The lowest BCUT2D eigenvalue weighted by Gasteiger charge is -2.30. The summed E-state index contributed by atoms with van der Waals surface area (Å²) in [5.41, 5.74) is -1.87. The van der Waals surface area contributed by atoms with Crippen molar-refractivity contribution in [3.63, 3.8) is 0 Å². The van der Waals surface area contributed by atoms with Gasteiger partial charge in [0, 0.05) is 18.6 Å². The molecule has 4 rings (SSSR count). The largest absolute Gasteiger partial charge is 0.379 e. The second-order valence-corrected chi connectivity index (χ2v) is 7.08. The molecule has 0 aromatic carbocycles. The fourth-order valence-corrected chi connectivity index (χ4v) is 3.13. The number of halogens is 1. The van der Waals surface area contributed by atoms with Crippen LogP contribution < -0.4 is 16.4 Å². The molecule has 1 unspecified atom stereocenters. The van der Waals surface area contributed by atoms with Gasteiger partial charge in [-0.15, -0.1) is 5.10 Å². The second-order valence-electron chi connectivity index (χ2n) is 7.08. The number of rotatable bonds is 5. The van der Waals surface area contributed by atoms with E-state index >= 15 is 0 Å². The van der Waals surface area contributed by atoms with E-state index in [2.05, 4.69) is 15.6 Å². The second kappa shape index (κ2) is 5.79. The van der Waals surface area contributed by atoms with E-state index in [4.69, 9.17) is 0 Å². The summed E-state index contributed by atoms with van der Waals surface area (Å²) < 4.78 is 17.4. The van der Waals surface area contributed by atoms with Gasteiger partial charge < -0.3 is 14.5 Å². The zero-order valence-electron chi connectivity index (χ0n) is 14.3. The first-order valence-electron chi connectivity index (χ1n) is 8.39. The molecule has 1 N–H and O–H groups in total. The third-order valence-electron chi connectivity index (χ3n) is 5.00. The SMILES string of the molecule is CC1(Cn2ccn(C3(CF)CC3)c(=O)c2=O)C=CC(n2ccnn2)=CN1. The van der Waals surface area contributed by atoms with Crippen molar-refractivity contribution in [1.82, 2.24) is 29.4 Å². The van der Waals surface area contributed by atoms with Crippen LogP contribution in [0.3, 0.4) is 0 Å². The maximum atomic E-state index is 13.2. The number of alkyl halides is 1. The lowest BCUT2D eigenvalue weighted by Crippen LogP contribution is -2.50. The summed E-state index contributed by atoms with van der Waals surface area (Å²) in [6.45, 7) is 1.55. The lowest BCUT2D eigenvalue weighted by atomic mass is 9.99. The molecule has 8 nitrogen and oxygen atoms in total. The Morgan fingerprint density at radius 3 is 2.62 bits per heavy atom. The number of allylic oxidation sites excluding steroid dienone is 2. The summed E-state index contributed by atoms with van der Waals surface area (Å²) in [7, 11) is 0. The number of hydrogen-bond acceptors (Lipinski definition) is 5. The highest BCUT2D eigenvalue weighted by Crippen LogP contribution is 2.42.